The molecule has 1 amide bonds. The fraction of sp³-hybridized carbons (Fsp3) is 0.357. The van der Waals surface area contributed by atoms with E-state index in [0.717, 1.165) is 6.42 Å². The van der Waals surface area contributed by atoms with Crippen LogP contribution in [-0.2, 0) is 9.59 Å². The second-order valence-electron chi connectivity index (χ2n) is 5.02. The third-order valence-corrected chi connectivity index (χ3v) is 3.95. The number of nitrogens with one attached hydrogen (secondary N) is 1. The molecule has 4 atom stereocenters. The Labute approximate surface area is 110 Å². The summed E-state index contributed by atoms with van der Waals surface area (Å²) >= 11 is 0. The molecule has 98 valence electrons. The first kappa shape index (κ1) is 11.9. The number of amides is 1. The molecule has 2 aliphatic carbocycles. The SMILES string of the molecule is O=C(Nc1ccccn1)[C@@H]1[C@@H](C(=O)[O-])[C@H]2C=C[C@@H]1C2. The Bertz CT molecular complexity index is 541. The van der Waals surface area contributed by atoms with E-state index in [4.69, 9.17) is 0 Å². The predicted octanol–water partition coefficient (Wildman–Crippen LogP) is 0.208. The highest BCUT2D eigenvalue weighted by Gasteiger charge is 2.48. The molecule has 0 aliphatic heterocycles. The molecule has 0 saturated heterocycles. The number of carboxylic acid groups (broad SMARTS) is 1. The molecule has 0 unspecified atom stereocenters. The van der Waals surface area contributed by atoms with E-state index in [0.29, 0.717) is 5.82 Å². The van der Waals surface area contributed by atoms with Gasteiger partial charge in [0, 0.05) is 18.1 Å². The van der Waals surface area contributed by atoms with Crippen molar-refractivity contribution in [2.24, 2.45) is 23.7 Å². The topological polar surface area (TPSA) is 82.1 Å². The maximum absolute atomic E-state index is 12.2. The summed E-state index contributed by atoms with van der Waals surface area (Å²) in [7, 11) is 0. The average Bonchev–Trinajstić information content (AvgIpc) is 2.99. The highest BCUT2D eigenvalue weighted by Crippen LogP contribution is 2.48. The average molecular weight is 257 g/mol. The number of nitrogens with zero attached hydrogens (tertiary/aromatic N) is 1. The highest BCUT2D eigenvalue weighted by molar-refractivity contribution is 5.95. The number of pyridine rings is 1. The van der Waals surface area contributed by atoms with Crippen molar-refractivity contribution in [3.05, 3.63) is 36.5 Å². The van der Waals surface area contributed by atoms with E-state index < -0.39 is 17.8 Å². The van der Waals surface area contributed by atoms with Crippen LogP contribution in [0.5, 0.6) is 0 Å². The fourth-order valence-corrected chi connectivity index (χ4v) is 3.15. The molecule has 19 heavy (non-hydrogen) atoms. The number of hydrogen-bond donors (Lipinski definition) is 1. The quantitative estimate of drug-likeness (QED) is 0.785. The Kier molecular flexibility index (Phi) is 2.81. The van der Waals surface area contributed by atoms with Gasteiger partial charge in [0.15, 0.2) is 0 Å². The Hall–Kier alpha value is -2.17. The molecule has 1 aromatic heterocycles. The number of carboxylic acids is 1. The molecule has 0 aromatic carbocycles. The van der Waals surface area contributed by atoms with Gasteiger partial charge in [0.2, 0.25) is 5.91 Å². The van der Waals surface area contributed by atoms with Gasteiger partial charge in [0.05, 0.1) is 5.92 Å². The molecule has 5 nitrogen and oxygen atoms in total. The normalized spacial score (nSPS) is 31.4. The number of allylic oxidation sites excluding steroid dienone is 2. The lowest BCUT2D eigenvalue weighted by atomic mass is 9.82. The van der Waals surface area contributed by atoms with Crippen LogP contribution in [0.1, 0.15) is 6.42 Å². The van der Waals surface area contributed by atoms with Gasteiger partial charge < -0.3 is 15.2 Å². The van der Waals surface area contributed by atoms with E-state index in [-0.39, 0.29) is 17.7 Å². The smallest absolute Gasteiger partial charge is 0.229 e. The minimum absolute atomic E-state index is 0.00314. The lowest BCUT2D eigenvalue weighted by Crippen LogP contribution is -2.42. The number of carbonyl (C=O) groups is 2. The summed E-state index contributed by atoms with van der Waals surface area (Å²) in [6, 6.07) is 5.19. The van der Waals surface area contributed by atoms with E-state index in [1.807, 2.05) is 12.2 Å². The van der Waals surface area contributed by atoms with Crippen LogP contribution in [0, 0.1) is 23.7 Å². The van der Waals surface area contributed by atoms with Crippen LogP contribution < -0.4 is 10.4 Å². The molecule has 1 fully saturated rings. The van der Waals surface area contributed by atoms with Crippen LogP contribution >= 0.6 is 0 Å². The monoisotopic (exact) mass is 257 g/mol. The number of fused-ring (bicyclic) bond motifs is 2. The Balaban J connectivity index is 1.79. The van der Waals surface area contributed by atoms with Crippen LogP contribution in [0.25, 0.3) is 0 Å². The molecule has 0 spiro atoms. The van der Waals surface area contributed by atoms with E-state index in [2.05, 4.69) is 10.3 Å². The molecule has 5 heteroatoms. The molecule has 1 saturated carbocycles. The number of aliphatic carboxylic acids is 1. The highest BCUT2D eigenvalue weighted by atomic mass is 16.4. The fourth-order valence-electron chi connectivity index (χ4n) is 3.15. The Morgan fingerprint density at radius 2 is 1.95 bits per heavy atom. The third kappa shape index (κ3) is 2.01. The van der Waals surface area contributed by atoms with Crippen molar-refractivity contribution in [1.82, 2.24) is 4.98 Å². The lowest BCUT2D eigenvalue weighted by Gasteiger charge is -2.27. The van der Waals surface area contributed by atoms with Crippen molar-refractivity contribution in [2.45, 2.75) is 6.42 Å². The molecular formula is C14H13N2O3-. The zero-order valence-corrected chi connectivity index (χ0v) is 10.2. The summed E-state index contributed by atoms with van der Waals surface area (Å²) in [6.07, 6.45) is 6.12. The molecule has 2 aliphatic rings. The third-order valence-electron chi connectivity index (χ3n) is 3.95. The molecule has 3 rings (SSSR count). The second kappa shape index (κ2) is 4.50. The molecule has 1 N–H and O–H groups in total. The molecule has 1 heterocycles. The van der Waals surface area contributed by atoms with Crippen molar-refractivity contribution in [3.8, 4) is 0 Å². The Morgan fingerprint density at radius 3 is 2.58 bits per heavy atom. The first-order valence-corrected chi connectivity index (χ1v) is 6.28. The number of carbonyl (C=O) groups excluding carboxylic acids is 2. The summed E-state index contributed by atoms with van der Waals surface area (Å²) < 4.78 is 0. The minimum Gasteiger partial charge on any atom is -0.550 e. The summed E-state index contributed by atoms with van der Waals surface area (Å²) in [6.45, 7) is 0. The summed E-state index contributed by atoms with van der Waals surface area (Å²) in [5.74, 6) is -2.34. The van der Waals surface area contributed by atoms with Gasteiger partial charge >= 0.3 is 0 Å². The van der Waals surface area contributed by atoms with Crippen LogP contribution in [-0.4, -0.2) is 16.9 Å². The number of hydrogen-bond acceptors (Lipinski definition) is 4. The zero-order valence-electron chi connectivity index (χ0n) is 10.2. The first-order valence-electron chi connectivity index (χ1n) is 6.28. The van der Waals surface area contributed by atoms with Gasteiger partial charge in [-0.15, -0.1) is 0 Å². The van der Waals surface area contributed by atoms with Gasteiger partial charge in [-0.1, -0.05) is 18.2 Å². The molecule has 2 bridgehead atoms. The van der Waals surface area contributed by atoms with E-state index in [1.54, 1.807) is 24.4 Å². The second-order valence-corrected chi connectivity index (χ2v) is 5.02. The molecule has 1 aromatic rings. The molecule has 0 radical (unpaired) electrons. The van der Waals surface area contributed by atoms with Gasteiger partial charge in [-0.2, -0.15) is 0 Å². The van der Waals surface area contributed by atoms with Crippen molar-refractivity contribution in [2.75, 3.05) is 5.32 Å². The maximum Gasteiger partial charge on any atom is 0.229 e. The van der Waals surface area contributed by atoms with Gasteiger partial charge in [-0.25, -0.2) is 4.98 Å². The maximum atomic E-state index is 12.2. The van der Waals surface area contributed by atoms with E-state index in [1.165, 1.54) is 0 Å². The van der Waals surface area contributed by atoms with Crippen molar-refractivity contribution in [1.29, 1.82) is 0 Å². The van der Waals surface area contributed by atoms with Gasteiger partial charge in [-0.05, 0) is 30.4 Å². The standard InChI is InChI=1S/C14H14N2O3/c17-13(16-10-3-1-2-6-15-10)11-8-4-5-9(7-8)12(11)14(18)19/h1-6,8-9,11-12H,7H2,(H,18,19)(H,15,16,17)/p-1/t8-,9+,11+,12+/m1/s1. The largest absolute Gasteiger partial charge is 0.550 e. The van der Waals surface area contributed by atoms with Crippen LogP contribution in [0.2, 0.25) is 0 Å². The molecular weight excluding hydrogens is 244 g/mol. The predicted molar refractivity (Wildman–Crippen MR) is 65.6 cm³/mol. The van der Waals surface area contributed by atoms with Gasteiger partial charge in [-0.3, -0.25) is 4.79 Å². The van der Waals surface area contributed by atoms with E-state index in [9.17, 15) is 14.7 Å². The van der Waals surface area contributed by atoms with Crippen LogP contribution in [0.3, 0.4) is 0 Å². The summed E-state index contributed by atoms with van der Waals surface area (Å²) in [4.78, 5) is 27.5. The van der Waals surface area contributed by atoms with Crippen molar-refractivity contribution in [3.63, 3.8) is 0 Å². The van der Waals surface area contributed by atoms with Crippen molar-refractivity contribution >= 4 is 17.7 Å². The van der Waals surface area contributed by atoms with Gasteiger partial charge in [0.1, 0.15) is 5.82 Å². The summed E-state index contributed by atoms with van der Waals surface area (Å²) in [5, 5.41) is 13.9. The minimum atomic E-state index is -1.14. The first-order chi connectivity index (χ1) is 9.16. The lowest BCUT2D eigenvalue weighted by molar-refractivity contribution is -0.313. The summed E-state index contributed by atoms with van der Waals surface area (Å²) in [5.41, 5.74) is 0. The van der Waals surface area contributed by atoms with E-state index >= 15 is 0 Å². The zero-order chi connectivity index (χ0) is 13.4. The number of anilines is 1. The van der Waals surface area contributed by atoms with Crippen LogP contribution in [0.4, 0.5) is 5.82 Å². The number of rotatable bonds is 3. The Morgan fingerprint density at radius 1 is 1.21 bits per heavy atom. The van der Waals surface area contributed by atoms with Crippen LogP contribution in [0.15, 0.2) is 36.5 Å². The van der Waals surface area contributed by atoms with Crippen molar-refractivity contribution < 1.29 is 14.7 Å². The van der Waals surface area contributed by atoms with Gasteiger partial charge in [0.25, 0.3) is 0 Å². The number of aromatic nitrogens is 1.